The number of methoxy groups -OCH3 is 1. The Balaban J connectivity index is 2.16. The largest absolute Gasteiger partial charge is 0.481 e. The molecule has 2 rings (SSSR count). The summed E-state index contributed by atoms with van der Waals surface area (Å²) in [5.74, 6) is -0.498. The second-order valence-electron chi connectivity index (χ2n) is 6.42. The highest BCUT2D eigenvalue weighted by atomic mass is 32.1. The molecule has 1 aromatic heterocycles. The minimum atomic E-state index is -0.957. The third-order valence-corrected chi connectivity index (χ3v) is 5.12. The Hall–Kier alpha value is -1.40. The van der Waals surface area contributed by atoms with E-state index in [-0.39, 0.29) is 18.9 Å². The molecule has 0 aliphatic heterocycles. The Bertz CT molecular complexity index is 568. The first-order chi connectivity index (χ1) is 10.3. The van der Waals surface area contributed by atoms with Crippen molar-refractivity contribution in [2.45, 2.75) is 45.1 Å². The van der Waals surface area contributed by atoms with Crippen molar-refractivity contribution < 1.29 is 19.4 Å². The van der Waals surface area contributed by atoms with Crippen molar-refractivity contribution in [2.75, 3.05) is 13.7 Å². The van der Waals surface area contributed by atoms with Gasteiger partial charge in [-0.2, -0.15) is 0 Å². The monoisotopic (exact) mass is 325 g/mol. The highest BCUT2D eigenvalue weighted by molar-refractivity contribution is 7.10. The van der Waals surface area contributed by atoms with Gasteiger partial charge in [-0.3, -0.25) is 9.59 Å². The zero-order valence-corrected chi connectivity index (χ0v) is 14.1. The molecule has 1 amide bonds. The zero-order valence-electron chi connectivity index (χ0n) is 13.3. The Morgan fingerprint density at radius 3 is 2.91 bits per heavy atom. The molecule has 2 atom stereocenters. The number of carboxylic acids is 1. The normalized spacial score (nSPS) is 20.0. The van der Waals surface area contributed by atoms with Gasteiger partial charge >= 0.3 is 5.97 Å². The molecule has 0 saturated carbocycles. The van der Waals surface area contributed by atoms with Crippen LogP contribution in [-0.4, -0.2) is 36.2 Å². The molecule has 1 aliphatic carbocycles. The lowest BCUT2D eigenvalue weighted by atomic mass is 9.88. The Kier molecular flexibility index (Phi) is 5.24. The molecule has 6 heteroatoms. The Morgan fingerprint density at radius 2 is 2.27 bits per heavy atom. The van der Waals surface area contributed by atoms with Gasteiger partial charge < -0.3 is 15.2 Å². The summed E-state index contributed by atoms with van der Waals surface area (Å²) in [6, 6.07) is 0. The molecule has 0 bridgehead atoms. The first kappa shape index (κ1) is 17.0. The van der Waals surface area contributed by atoms with Crippen LogP contribution < -0.4 is 5.32 Å². The van der Waals surface area contributed by atoms with Crippen molar-refractivity contribution in [3.63, 3.8) is 0 Å². The number of carbonyl (C=O) groups is 2. The van der Waals surface area contributed by atoms with Crippen LogP contribution in [0.15, 0.2) is 5.38 Å². The van der Waals surface area contributed by atoms with Crippen LogP contribution in [0.3, 0.4) is 0 Å². The molecule has 5 nitrogen and oxygen atoms in total. The molecule has 0 spiro atoms. The molecular weight excluding hydrogens is 302 g/mol. The minimum Gasteiger partial charge on any atom is -0.481 e. The molecule has 0 radical (unpaired) electrons. The average Bonchev–Trinajstić information content (AvgIpc) is 2.80. The Morgan fingerprint density at radius 1 is 1.55 bits per heavy atom. The van der Waals surface area contributed by atoms with Crippen LogP contribution in [0.4, 0.5) is 0 Å². The van der Waals surface area contributed by atoms with Gasteiger partial charge in [-0.15, -0.1) is 11.3 Å². The van der Waals surface area contributed by atoms with E-state index in [1.807, 2.05) is 5.38 Å². The summed E-state index contributed by atoms with van der Waals surface area (Å²) in [7, 11) is 1.50. The van der Waals surface area contributed by atoms with E-state index in [2.05, 4.69) is 12.2 Å². The fraction of sp³-hybridized carbons (Fsp3) is 0.625. The number of hydrogen-bond acceptors (Lipinski definition) is 4. The van der Waals surface area contributed by atoms with Gasteiger partial charge in [0.25, 0.3) is 5.91 Å². The van der Waals surface area contributed by atoms with Crippen molar-refractivity contribution in [3.8, 4) is 0 Å². The molecule has 122 valence electrons. The fourth-order valence-corrected chi connectivity index (χ4v) is 4.24. The molecule has 2 unspecified atom stereocenters. The molecule has 1 aromatic rings. The highest BCUT2D eigenvalue weighted by Gasteiger charge is 2.32. The van der Waals surface area contributed by atoms with Crippen molar-refractivity contribution in [1.29, 1.82) is 0 Å². The highest BCUT2D eigenvalue weighted by Crippen LogP contribution is 2.33. The van der Waals surface area contributed by atoms with Gasteiger partial charge in [-0.25, -0.2) is 0 Å². The van der Waals surface area contributed by atoms with Crippen molar-refractivity contribution in [2.24, 2.45) is 5.92 Å². The zero-order chi connectivity index (χ0) is 16.3. The molecule has 22 heavy (non-hydrogen) atoms. The molecule has 2 N–H and O–H groups in total. The minimum absolute atomic E-state index is 0.161. The standard InChI is InChI=1S/C16H23NO4S/c1-10-4-5-11-12(8-22-13(11)6-10)15(20)17-16(2,9-21-3)7-14(18)19/h8,10H,4-7,9H2,1-3H3,(H,17,20)(H,18,19). The molecule has 0 saturated heterocycles. The van der Waals surface area contributed by atoms with Crippen LogP contribution in [0.1, 0.15) is 47.5 Å². The van der Waals surface area contributed by atoms with Gasteiger partial charge in [-0.1, -0.05) is 6.92 Å². The number of amides is 1. The van der Waals surface area contributed by atoms with Crippen LogP contribution >= 0.6 is 11.3 Å². The van der Waals surface area contributed by atoms with Crippen LogP contribution in [0.25, 0.3) is 0 Å². The third-order valence-electron chi connectivity index (χ3n) is 4.07. The van der Waals surface area contributed by atoms with Gasteiger partial charge in [0.1, 0.15) is 0 Å². The maximum Gasteiger partial charge on any atom is 0.305 e. The number of carbonyl (C=O) groups excluding carboxylic acids is 1. The third kappa shape index (κ3) is 3.87. The van der Waals surface area contributed by atoms with Crippen LogP contribution in [-0.2, 0) is 22.4 Å². The van der Waals surface area contributed by atoms with E-state index >= 15 is 0 Å². The summed E-state index contributed by atoms with van der Waals surface area (Å²) in [4.78, 5) is 24.9. The smallest absolute Gasteiger partial charge is 0.305 e. The van der Waals surface area contributed by atoms with E-state index in [9.17, 15) is 9.59 Å². The van der Waals surface area contributed by atoms with Crippen molar-refractivity contribution in [3.05, 3.63) is 21.4 Å². The maximum absolute atomic E-state index is 12.6. The van der Waals surface area contributed by atoms with Gasteiger partial charge in [-0.05, 0) is 37.7 Å². The molecule has 0 fully saturated rings. The lowest BCUT2D eigenvalue weighted by Crippen LogP contribution is -2.50. The van der Waals surface area contributed by atoms with Crippen molar-refractivity contribution in [1.82, 2.24) is 5.32 Å². The van der Waals surface area contributed by atoms with E-state index < -0.39 is 11.5 Å². The summed E-state index contributed by atoms with van der Waals surface area (Å²) in [6.07, 6.45) is 2.87. The average molecular weight is 325 g/mol. The number of thiophene rings is 1. The van der Waals surface area contributed by atoms with Crippen LogP contribution in [0, 0.1) is 5.92 Å². The van der Waals surface area contributed by atoms with Gasteiger partial charge in [0, 0.05) is 17.4 Å². The first-order valence-corrected chi connectivity index (χ1v) is 8.35. The number of rotatable bonds is 6. The number of ether oxygens (including phenoxy) is 1. The lowest BCUT2D eigenvalue weighted by molar-refractivity contribution is -0.139. The van der Waals surface area contributed by atoms with Crippen LogP contribution in [0.5, 0.6) is 0 Å². The van der Waals surface area contributed by atoms with Crippen molar-refractivity contribution >= 4 is 23.2 Å². The molecule has 1 heterocycles. The summed E-state index contributed by atoms with van der Waals surface area (Å²) < 4.78 is 5.08. The number of aliphatic carboxylic acids is 1. The second-order valence-corrected chi connectivity index (χ2v) is 7.38. The first-order valence-electron chi connectivity index (χ1n) is 7.47. The molecule has 1 aliphatic rings. The maximum atomic E-state index is 12.6. The summed E-state index contributed by atoms with van der Waals surface area (Å²) in [5, 5.41) is 13.8. The fourth-order valence-electron chi connectivity index (χ4n) is 2.99. The predicted molar refractivity (Wildman–Crippen MR) is 85.5 cm³/mol. The van der Waals surface area contributed by atoms with E-state index in [1.165, 1.54) is 12.0 Å². The molecule has 0 aromatic carbocycles. The number of fused-ring (bicyclic) bond motifs is 1. The number of hydrogen-bond donors (Lipinski definition) is 2. The van der Waals surface area contributed by atoms with Gasteiger partial charge in [0.15, 0.2) is 0 Å². The van der Waals surface area contributed by atoms with E-state index in [0.29, 0.717) is 11.5 Å². The quantitative estimate of drug-likeness (QED) is 0.842. The van der Waals surface area contributed by atoms with E-state index in [0.717, 1.165) is 24.8 Å². The number of carboxylic acid groups (broad SMARTS) is 1. The van der Waals surface area contributed by atoms with E-state index in [4.69, 9.17) is 9.84 Å². The summed E-state index contributed by atoms with van der Waals surface area (Å²) in [6.45, 7) is 4.09. The second kappa shape index (κ2) is 6.79. The SMILES string of the molecule is COCC(C)(CC(=O)O)NC(=O)c1csc2c1CCC(C)C2. The van der Waals surface area contributed by atoms with Gasteiger partial charge in [0.05, 0.1) is 24.1 Å². The lowest BCUT2D eigenvalue weighted by Gasteiger charge is -2.29. The summed E-state index contributed by atoms with van der Waals surface area (Å²) in [5.41, 5.74) is 0.921. The van der Waals surface area contributed by atoms with Gasteiger partial charge in [0.2, 0.25) is 0 Å². The summed E-state index contributed by atoms with van der Waals surface area (Å²) >= 11 is 1.63. The number of nitrogens with one attached hydrogen (secondary N) is 1. The Labute approximate surface area is 134 Å². The molecular formula is C16H23NO4S. The van der Waals surface area contributed by atoms with E-state index in [1.54, 1.807) is 18.3 Å². The topological polar surface area (TPSA) is 75.6 Å². The predicted octanol–water partition coefficient (Wildman–Crippen LogP) is 2.48. The van der Waals surface area contributed by atoms with Crippen LogP contribution in [0.2, 0.25) is 0 Å².